The van der Waals surface area contributed by atoms with Gasteiger partial charge in [-0.2, -0.15) is 0 Å². The molecule has 0 unspecified atom stereocenters. The van der Waals surface area contributed by atoms with Crippen molar-refractivity contribution in [1.29, 1.82) is 0 Å². The Morgan fingerprint density at radius 3 is 2.63 bits per heavy atom. The van der Waals surface area contributed by atoms with Crippen LogP contribution in [0.2, 0.25) is 0 Å². The van der Waals surface area contributed by atoms with Gasteiger partial charge in [-0.15, -0.1) is 0 Å². The van der Waals surface area contributed by atoms with Crippen molar-refractivity contribution in [1.82, 2.24) is 10.2 Å². The number of hydrogen-bond donors (Lipinski definition) is 2. The molecule has 2 amide bonds. The first kappa shape index (κ1) is 23.9. The van der Waals surface area contributed by atoms with E-state index in [4.69, 9.17) is 18.9 Å². The molecular weight excluding hydrogens is 418 g/mol. The lowest BCUT2D eigenvalue weighted by Crippen LogP contribution is -2.38. The van der Waals surface area contributed by atoms with Crippen LogP contribution in [0.1, 0.15) is 29.8 Å². The molecule has 30 heavy (non-hydrogen) atoms. The van der Waals surface area contributed by atoms with E-state index in [0.29, 0.717) is 30.6 Å². The molecule has 2 rings (SSSR count). The van der Waals surface area contributed by atoms with Gasteiger partial charge in [0.1, 0.15) is 18.6 Å². The van der Waals surface area contributed by atoms with Crippen LogP contribution in [-0.2, 0) is 20.0 Å². The third kappa shape index (κ3) is 6.55. The van der Waals surface area contributed by atoms with Gasteiger partial charge in [0.05, 0.1) is 19.5 Å². The Kier molecular flexibility index (Phi) is 8.83. The Hall–Kier alpha value is -2.42. The van der Waals surface area contributed by atoms with Crippen molar-refractivity contribution < 1.29 is 37.4 Å². The lowest BCUT2D eigenvalue weighted by molar-refractivity contribution is 0.0748. The van der Waals surface area contributed by atoms with E-state index in [-0.39, 0.29) is 44.1 Å². The molecule has 0 bridgehead atoms. The van der Waals surface area contributed by atoms with Crippen LogP contribution in [0.5, 0.6) is 5.75 Å². The Bertz CT molecular complexity index is 836. The van der Waals surface area contributed by atoms with Gasteiger partial charge >= 0.3 is 13.7 Å². The van der Waals surface area contributed by atoms with Gasteiger partial charge in [-0.1, -0.05) is 0 Å². The zero-order valence-electron chi connectivity index (χ0n) is 16.9. The van der Waals surface area contributed by atoms with Crippen molar-refractivity contribution in [3.8, 4) is 5.75 Å². The zero-order chi connectivity index (χ0) is 22.1. The normalized spacial score (nSPS) is 14.4. The number of halogens is 1. The number of hydrogen-bond acceptors (Lipinski definition) is 6. The van der Waals surface area contributed by atoms with E-state index in [1.54, 1.807) is 32.0 Å². The SMILES string of the molecule is CCOP(=O)(CN1CCc2cc(OC/C(=C/F)CNC(=O)O)ccc2C1=O)OCC. The maximum atomic E-state index is 12.9. The number of carbonyl (C=O) groups is 2. The highest BCUT2D eigenvalue weighted by molar-refractivity contribution is 7.53. The number of benzene rings is 1. The number of amides is 2. The molecule has 2 N–H and O–H groups in total. The fourth-order valence-corrected chi connectivity index (χ4v) is 4.66. The molecule has 0 spiro atoms. The molecule has 1 aliphatic heterocycles. The summed E-state index contributed by atoms with van der Waals surface area (Å²) in [6, 6.07) is 4.86. The predicted octanol–water partition coefficient (Wildman–Crippen LogP) is 3.41. The zero-order valence-corrected chi connectivity index (χ0v) is 17.8. The maximum absolute atomic E-state index is 12.9. The van der Waals surface area contributed by atoms with E-state index in [2.05, 4.69) is 5.32 Å². The van der Waals surface area contributed by atoms with E-state index >= 15 is 0 Å². The average Bonchev–Trinajstić information content (AvgIpc) is 2.70. The van der Waals surface area contributed by atoms with Gasteiger partial charge in [-0.05, 0) is 44.0 Å². The van der Waals surface area contributed by atoms with Crippen molar-refractivity contribution in [2.24, 2.45) is 0 Å². The number of carboxylic acid groups (broad SMARTS) is 1. The molecule has 11 heteroatoms. The van der Waals surface area contributed by atoms with Crippen molar-refractivity contribution in [3.05, 3.63) is 41.2 Å². The van der Waals surface area contributed by atoms with Gasteiger partial charge in [0.2, 0.25) is 0 Å². The fraction of sp³-hybridized carbons (Fsp3) is 0.474. The summed E-state index contributed by atoms with van der Waals surface area (Å²) in [4.78, 5) is 24.8. The van der Waals surface area contributed by atoms with E-state index in [1.165, 1.54) is 4.90 Å². The van der Waals surface area contributed by atoms with Crippen molar-refractivity contribution in [3.63, 3.8) is 0 Å². The summed E-state index contributed by atoms with van der Waals surface area (Å²) in [7, 11) is -3.39. The van der Waals surface area contributed by atoms with Crippen LogP contribution in [0.15, 0.2) is 30.1 Å². The Morgan fingerprint density at radius 1 is 1.33 bits per heavy atom. The van der Waals surface area contributed by atoms with Gasteiger partial charge in [0, 0.05) is 24.2 Å². The van der Waals surface area contributed by atoms with Crippen LogP contribution in [0.4, 0.5) is 9.18 Å². The molecule has 9 nitrogen and oxygen atoms in total. The molecule has 0 aliphatic carbocycles. The molecule has 0 radical (unpaired) electrons. The second-order valence-electron chi connectivity index (χ2n) is 6.44. The van der Waals surface area contributed by atoms with Crippen LogP contribution < -0.4 is 10.1 Å². The van der Waals surface area contributed by atoms with E-state index in [0.717, 1.165) is 5.56 Å². The quantitative estimate of drug-likeness (QED) is 0.503. The minimum absolute atomic E-state index is 0.119. The number of ether oxygens (including phenoxy) is 1. The van der Waals surface area contributed by atoms with E-state index in [1.807, 2.05) is 0 Å². The topological polar surface area (TPSA) is 114 Å². The summed E-state index contributed by atoms with van der Waals surface area (Å²) in [6.45, 7) is 3.87. The van der Waals surface area contributed by atoms with Gasteiger partial charge in [-0.3, -0.25) is 9.36 Å². The minimum atomic E-state index is -3.39. The summed E-state index contributed by atoms with van der Waals surface area (Å²) in [5.74, 6) is 0.149. The van der Waals surface area contributed by atoms with Crippen LogP contribution in [0.3, 0.4) is 0 Å². The van der Waals surface area contributed by atoms with Gasteiger partial charge < -0.3 is 29.1 Å². The van der Waals surface area contributed by atoms with Crippen LogP contribution in [-0.4, -0.2) is 61.2 Å². The van der Waals surface area contributed by atoms with Crippen LogP contribution >= 0.6 is 7.60 Å². The van der Waals surface area contributed by atoms with Gasteiger partial charge in [0.15, 0.2) is 0 Å². The molecule has 1 aliphatic rings. The minimum Gasteiger partial charge on any atom is -0.489 e. The van der Waals surface area contributed by atoms with E-state index < -0.39 is 13.7 Å². The van der Waals surface area contributed by atoms with Crippen molar-refractivity contribution in [2.45, 2.75) is 20.3 Å². The number of rotatable bonds is 11. The molecule has 0 saturated heterocycles. The third-order valence-electron chi connectivity index (χ3n) is 4.29. The first-order chi connectivity index (χ1) is 14.3. The molecule has 0 aromatic heterocycles. The summed E-state index contributed by atoms with van der Waals surface area (Å²) < 4.78 is 41.6. The van der Waals surface area contributed by atoms with Gasteiger partial charge in [-0.25, -0.2) is 9.18 Å². The molecule has 0 saturated carbocycles. The summed E-state index contributed by atoms with van der Waals surface area (Å²) in [5.41, 5.74) is 1.34. The summed E-state index contributed by atoms with van der Waals surface area (Å²) in [6.07, 6.45) is -0.565. The molecule has 1 aromatic rings. The molecule has 1 aromatic carbocycles. The first-order valence-corrected chi connectivity index (χ1v) is 11.2. The standard InChI is InChI=1S/C19H26FN2O7P/c1-3-28-30(26,29-4-2)13-22-8-7-15-9-16(5-6-17(15)18(22)23)27-12-14(10-20)11-21-19(24)25/h5-6,9-10,21H,3-4,7-8,11-13H2,1-2H3,(H,24,25)/b14-10+. The molecule has 0 fully saturated rings. The lowest BCUT2D eigenvalue weighted by Gasteiger charge is -2.31. The van der Waals surface area contributed by atoms with Crippen molar-refractivity contribution in [2.75, 3.05) is 39.2 Å². The molecule has 1 heterocycles. The second-order valence-corrected chi connectivity index (χ2v) is 8.46. The number of fused-ring (bicyclic) bond motifs is 1. The fourth-order valence-electron chi connectivity index (χ4n) is 2.95. The van der Waals surface area contributed by atoms with E-state index in [9.17, 15) is 18.5 Å². The molecule has 0 atom stereocenters. The first-order valence-electron chi connectivity index (χ1n) is 9.50. The highest BCUT2D eigenvalue weighted by Gasteiger charge is 2.33. The predicted molar refractivity (Wildman–Crippen MR) is 108 cm³/mol. The summed E-state index contributed by atoms with van der Waals surface area (Å²) in [5, 5.41) is 10.6. The monoisotopic (exact) mass is 444 g/mol. The second kappa shape index (κ2) is 11.1. The van der Waals surface area contributed by atoms with Crippen LogP contribution in [0.25, 0.3) is 0 Å². The highest BCUT2D eigenvalue weighted by Crippen LogP contribution is 2.49. The highest BCUT2D eigenvalue weighted by atomic mass is 31.2. The lowest BCUT2D eigenvalue weighted by atomic mass is 9.99. The maximum Gasteiger partial charge on any atom is 0.404 e. The van der Waals surface area contributed by atoms with Crippen molar-refractivity contribution >= 4 is 19.6 Å². The molecule has 166 valence electrons. The van der Waals surface area contributed by atoms with Crippen LogP contribution in [0, 0.1) is 0 Å². The smallest absolute Gasteiger partial charge is 0.404 e. The van der Waals surface area contributed by atoms with Gasteiger partial charge in [0.25, 0.3) is 5.91 Å². The Labute approximate surface area is 174 Å². The third-order valence-corrected chi connectivity index (χ3v) is 6.28. The summed E-state index contributed by atoms with van der Waals surface area (Å²) >= 11 is 0. The molecular formula is C19H26FN2O7P. The Balaban J connectivity index is 2.04. The number of carbonyl (C=O) groups excluding carboxylic acids is 1. The Morgan fingerprint density at radius 2 is 2.03 bits per heavy atom. The average molecular weight is 444 g/mol. The number of nitrogens with one attached hydrogen (secondary N) is 1. The number of nitrogens with zero attached hydrogens (tertiary/aromatic N) is 1. The largest absolute Gasteiger partial charge is 0.489 e.